The molecule has 0 atom stereocenters. The summed E-state index contributed by atoms with van der Waals surface area (Å²) in [6.45, 7) is 11.7. The molecule has 0 saturated carbocycles. The number of hydrogen-bond acceptors (Lipinski definition) is 5. The molecule has 1 radical (unpaired) electrons. The van der Waals surface area contributed by atoms with E-state index >= 15 is 0 Å². The van der Waals surface area contributed by atoms with Crippen molar-refractivity contribution in [2.45, 2.75) is 53.4 Å². The molecule has 0 amide bonds. The summed E-state index contributed by atoms with van der Waals surface area (Å²) in [5.74, 6) is -0.0625. The predicted molar refractivity (Wildman–Crippen MR) is 176 cm³/mol. The molecule has 0 aliphatic heterocycles. The Hall–Kier alpha value is -3.70. The number of pyridine rings is 2. The molecule has 43 heavy (non-hydrogen) atoms. The monoisotopic (exact) mass is 764 g/mol. The van der Waals surface area contributed by atoms with Crippen LogP contribution in [-0.2, 0) is 36.7 Å². The number of aliphatic hydroxyl groups is 1. The van der Waals surface area contributed by atoms with Gasteiger partial charge in [0.15, 0.2) is 5.78 Å². The maximum Gasteiger partial charge on any atom is 0.155 e. The van der Waals surface area contributed by atoms with Crippen LogP contribution in [-0.4, -0.2) is 20.9 Å². The second-order valence-corrected chi connectivity index (χ2v) is 12.8. The number of aliphatic hydroxyl groups excluding tert-OH is 1. The molecule has 3 aromatic heterocycles. The molecule has 0 aliphatic carbocycles. The van der Waals surface area contributed by atoms with Gasteiger partial charge in [-0.05, 0) is 81.8 Å². The fourth-order valence-corrected chi connectivity index (χ4v) is 5.92. The number of aromatic nitrogens is 2. The zero-order chi connectivity index (χ0) is 30.0. The van der Waals surface area contributed by atoms with Crippen molar-refractivity contribution in [2.75, 3.05) is 0 Å². The van der Waals surface area contributed by atoms with Crippen LogP contribution >= 0.6 is 11.3 Å². The van der Waals surface area contributed by atoms with Crippen molar-refractivity contribution in [3.63, 3.8) is 0 Å². The van der Waals surface area contributed by atoms with E-state index in [1.807, 2.05) is 12.4 Å². The first kappa shape index (κ1) is 32.2. The second-order valence-electron chi connectivity index (χ2n) is 11.8. The molecule has 6 rings (SSSR count). The summed E-state index contributed by atoms with van der Waals surface area (Å²) in [6, 6.07) is 25.9. The van der Waals surface area contributed by atoms with Crippen LogP contribution in [0, 0.1) is 13.0 Å². The van der Waals surface area contributed by atoms with E-state index in [-0.39, 0.29) is 37.1 Å². The van der Waals surface area contributed by atoms with E-state index in [0.717, 1.165) is 39.5 Å². The van der Waals surface area contributed by atoms with Crippen molar-refractivity contribution in [1.29, 1.82) is 0 Å². The largest absolute Gasteiger partial charge is 0.512 e. The van der Waals surface area contributed by atoms with Gasteiger partial charge in [-0.15, -0.1) is 17.5 Å². The van der Waals surface area contributed by atoms with Crippen molar-refractivity contribution in [3.8, 4) is 11.3 Å². The zero-order valence-corrected chi connectivity index (χ0v) is 28.5. The van der Waals surface area contributed by atoms with E-state index in [4.69, 9.17) is 15.1 Å². The summed E-state index contributed by atoms with van der Waals surface area (Å²) in [4.78, 5) is 19.5. The summed E-state index contributed by atoms with van der Waals surface area (Å²) >= 11 is 1.72. The number of rotatable bonds is 4. The van der Waals surface area contributed by atoms with Gasteiger partial charge in [0, 0.05) is 49.8 Å². The van der Waals surface area contributed by atoms with Crippen molar-refractivity contribution in [3.05, 3.63) is 119 Å². The minimum atomic E-state index is -0.125. The molecule has 0 fully saturated rings. The third kappa shape index (κ3) is 7.64. The van der Waals surface area contributed by atoms with Gasteiger partial charge in [-0.2, -0.15) is 11.3 Å². The van der Waals surface area contributed by atoms with Crippen molar-refractivity contribution in [2.24, 2.45) is 0 Å². The topological polar surface area (TPSA) is 63.1 Å². The van der Waals surface area contributed by atoms with Crippen molar-refractivity contribution < 1.29 is 30.0 Å². The zero-order valence-electron chi connectivity index (χ0n) is 25.3. The van der Waals surface area contributed by atoms with E-state index in [9.17, 15) is 4.79 Å². The molecule has 4 nitrogen and oxygen atoms in total. The molecule has 0 saturated heterocycles. The van der Waals surface area contributed by atoms with Crippen LogP contribution in [0.4, 0.5) is 0 Å². The Morgan fingerprint density at radius 3 is 2.37 bits per heavy atom. The van der Waals surface area contributed by atoms with Crippen LogP contribution in [0.5, 0.6) is 0 Å². The Morgan fingerprint density at radius 1 is 0.953 bits per heavy atom. The van der Waals surface area contributed by atoms with Gasteiger partial charge < -0.3 is 5.11 Å². The molecular weight excluding hydrogens is 729 g/mol. The minimum absolute atomic E-state index is 0. The van der Waals surface area contributed by atoms with Gasteiger partial charge in [-0.3, -0.25) is 14.8 Å². The third-order valence-electron chi connectivity index (χ3n) is 7.11. The van der Waals surface area contributed by atoms with Crippen molar-refractivity contribution >= 4 is 48.9 Å². The Balaban J connectivity index is 0.000000475. The third-order valence-corrected chi connectivity index (χ3v) is 8.03. The number of carbonyl (C=O) groups is 1. The molecule has 6 heteroatoms. The fourth-order valence-electron chi connectivity index (χ4n) is 5.06. The second kappa shape index (κ2) is 13.3. The van der Waals surface area contributed by atoms with Crippen LogP contribution in [0.2, 0.25) is 0 Å². The number of allylic oxidation sites excluding steroid dienone is 2. The van der Waals surface area contributed by atoms with Crippen LogP contribution in [0.1, 0.15) is 56.9 Å². The van der Waals surface area contributed by atoms with Crippen molar-refractivity contribution in [1.82, 2.24) is 9.97 Å². The maximum atomic E-state index is 10.0. The minimum Gasteiger partial charge on any atom is -0.512 e. The van der Waals surface area contributed by atoms with Crippen LogP contribution in [0.3, 0.4) is 0 Å². The first-order valence-corrected chi connectivity index (χ1v) is 14.9. The summed E-state index contributed by atoms with van der Waals surface area (Å²) in [6.07, 6.45) is 5.89. The first-order chi connectivity index (χ1) is 20.0. The number of nitrogens with zero attached hydrogens (tertiary/aromatic N) is 2. The Labute approximate surface area is 270 Å². The Morgan fingerprint density at radius 2 is 1.67 bits per heavy atom. The fraction of sp³-hybridized carbons (Fsp3) is 0.216. The van der Waals surface area contributed by atoms with Gasteiger partial charge in [0.25, 0.3) is 0 Å². The van der Waals surface area contributed by atoms with Gasteiger partial charge in [-0.1, -0.05) is 80.3 Å². The first-order valence-electron chi connectivity index (χ1n) is 14.0. The molecular formula is C37H35IrN2O2S-. The summed E-state index contributed by atoms with van der Waals surface area (Å²) in [7, 11) is 0. The van der Waals surface area contributed by atoms with Crippen LogP contribution in [0.15, 0.2) is 90.3 Å². The molecule has 1 N–H and O–H groups in total. The van der Waals surface area contributed by atoms with E-state index in [2.05, 4.69) is 99.8 Å². The number of thiophene rings is 1. The Bertz CT molecular complexity index is 1960. The van der Waals surface area contributed by atoms with Gasteiger partial charge in [-0.25, -0.2) is 0 Å². The number of fused-ring (bicyclic) bond motifs is 4. The van der Waals surface area contributed by atoms with Gasteiger partial charge in [0.2, 0.25) is 0 Å². The normalized spacial score (nSPS) is 11.7. The number of ketones is 1. The van der Waals surface area contributed by atoms with E-state index in [1.54, 1.807) is 11.3 Å². The SMILES string of the molecule is CC(=O)/C=C(/C)O.Cc1cnc2c(c1)c(-c1cc(Cc3ccc4cc(C(C)(C)C)ccc4c3)ccn1)[c-]c1ccsc12.[Ir]. The summed E-state index contributed by atoms with van der Waals surface area (Å²) in [5, 5.41) is 15.3. The number of aryl methyl sites for hydroxylation is 1. The molecule has 0 bridgehead atoms. The quantitative estimate of drug-likeness (QED) is 0.110. The average Bonchev–Trinajstić information content (AvgIpc) is 3.40. The van der Waals surface area contributed by atoms with Crippen LogP contribution < -0.4 is 0 Å². The molecule has 3 aromatic carbocycles. The molecule has 0 aliphatic rings. The molecule has 0 spiro atoms. The predicted octanol–water partition coefficient (Wildman–Crippen LogP) is 9.70. The summed E-state index contributed by atoms with van der Waals surface area (Å²) in [5.41, 5.74) is 8.22. The maximum absolute atomic E-state index is 10.0. The van der Waals surface area contributed by atoms with E-state index in [0.29, 0.717) is 0 Å². The number of hydrogen-bond donors (Lipinski definition) is 1. The standard InChI is InChI=1S/C32H27N2S.C5H8O2.Ir/c1-20-13-28-27(18-25-10-12-35-31(25)30(28)34-19-20)29-16-22(9-11-33-29)14-21-5-6-24-17-26(32(2,3)4)8-7-23(24)15-21;1-4(6)3-5(2)7;/h5-13,15-17,19H,14H2,1-4H3;3,6H,1-2H3;/q-1;;/b;4-3-;. The van der Waals surface area contributed by atoms with E-state index in [1.165, 1.54) is 52.1 Å². The van der Waals surface area contributed by atoms with E-state index < -0.39 is 0 Å². The Kier molecular flexibility index (Phi) is 9.96. The van der Waals surface area contributed by atoms with Gasteiger partial charge in [0.05, 0.1) is 5.76 Å². The molecule has 3 heterocycles. The van der Waals surface area contributed by atoms with Gasteiger partial charge >= 0.3 is 0 Å². The molecule has 0 unspecified atom stereocenters. The number of carbonyl (C=O) groups excluding carboxylic acids is 1. The smallest absolute Gasteiger partial charge is 0.155 e. The molecule has 221 valence electrons. The average molecular weight is 764 g/mol. The molecule has 6 aromatic rings. The van der Waals surface area contributed by atoms with Gasteiger partial charge in [0.1, 0.15) is 0 Å². The number of benzene rings is 3. The summed E-state index contributed by atoms with van der Waals surface area (Å²) < 4.78 is 1.19. The van der Waals surface area contributed by atoms with Crippen LogP contribution in [0.25, 0.3) is 43.0 Å².